The van der Waals surface area contributed by atoms with Gasteiger partial charge >= 0.3 is 0 Å². The fraction of sp³-hybridized carbons (Fsp3) is 0.200. The normalized spacial score (nSPS) is 14.1. The molecule has 138 valence electrons. The molecule has 7 heteroatoms. The highest BCUT2D eigenvalue weighted by Gasteiger charge is 2.21. The number of H-pyrrole nitrogens is 1. The minimum atomic E-state index is -0.0720. The lowest BCUT2D eigenvalue weighted by Crippen LogP contribution is -2.35. The number of aromatic nitrogens is 2. The second-order valence-electron chi connectivity index (χ2n) is 6.70. The predicted octanol–water partition coefficient (Wildman–Crippen LogP) is 3.88. The van der Waals surface area contributed by atoms with Crippen molar-refractivity contribution < 1.29 is 0 Å². The monoisotopic (exact) mass is 400 g/mol. The zero-order valence-corrected chi connectivity index (χ0v) is 16.0. The van der Waals surface area contributed by atoms with E-state index in [0.717, 1.165) is 28.9 Å². The van der Waals surface area contributed by atoms with Gasteiger partial charge < -0.3 is 10.7 Å². The van der Waals surface area contributed by atoms with Gasteiger partial charge in [0.1, 0.15) is 5.82 Å². The number of benzene rings is 2. The summed E-state index contributed by atoms with van der Waals surface area (Å²) in [7, 11) is 0. The van der Waals surface area contributed by atoms with Crippen LogP contribution >= 0.6 is 23.2 Å². The number of rotatable bonds is 3. The maximum Gasteiger partial charge on any atom is 0.254 e. The average molecular weight is 401 g/mol. The standard InChI is InChI=1S/C20H18Cl2N4O/c21-14-7-12(8-15(22)9-14)10-26-6-5-17-18(11-26)24-19(25-20(17)27)13-1-3-16(23)4-2-13/h1-4,7-9H,5-6,10-11,23H2,(H,24,25,27). The number of hydrogen-bond donors (Lipinski definition) is 2. The van der Waals surface area contributed by atoms with E-state index in [-0.39, 0.29) is 5.56 Å². The van der Waals surface area contributed by atoms with Gasteiger partial charge in [0, 0.05) is 46.5 Å². The van der Waals surface area contributed by atoms with E-state index in [4.69, 9.17) is 33.9 Å². The SMILES string of the molecule is Nc1ccc(-c2nc3c(c(=O)[nH]2)CCN(Cc2cc(Cl)cc(Cl)c2)C3)cc1. The molecule has 3 aromatic rings. The molecule has 0 radical (unpaired) electrons. The van der Waals surface area contributed by atoms with Crippen molar-refractivity contribution in [3.63, 3.8) is 0 Å². The molecule has 4 rings (SSSR count). The largest absolute Gasteiger partial charge is 0.399 e. The summed E-state index contributed by atoms with van der Waals surface area (Å²) >= 11 is 12.2. The molecule has 1 aliphatic rings. The van der Waals surface area contributed by atoms with E-state index < -0.39 is 0 Å². The summed E-state index contributed by atoms with van der Waals surface area (Å²) in [5.41, 5.74) is 9.79. The number of nitrogens with one attached hydrogen (secondary N) is 1. The maximum absolute atomic E-state index is 12.5. The molecule has 2 aromatic carbocycles. The van der Waals surface area contributed by atoms with Crippen molar-refractivity contribution in [2.75, 3.05) is 12.3 Å². The molecule has 0 aliphatic carbocycles. The predicted molar refractivity (Wildman–Crippen MR) is 109 cm³/mol. The molecule has 1 aliphatic heterocycles. The fourth-order valence-corrected chi connectivity index (χ4v) is 3.94. The zero-order valence-electron chi connectivity index (χ0n) is 14.5. The van der Waals surface area contributed by atoms with Crippen molar-refractivity contribution in [1.82, 2.24) is 14.9 Å². The van der Waals surface area contributed by atoms with Crippen LogP contribution in [0.5, 0.6) is 0 Å². The Hall–Kier alpha value is -2.34. The number of nitrogens with two attached hydrogens (primary N) is 1. The summed E-state index contributed by atoms with van der Waals surface area (Å²) in [4.78, 5) is 22.3. The fourth-order valence-electron chi connectivity index (χ4n) is 3.37. The van der Waals surface area contributed by atoms with Gasteiger partial charge in [0.2, 0.25) is 0 Å². The van der Waals surface area contributed by atoms with Gasteiger partial charge in [-0.2, -0.15) is 0 Å². The third-order valence-corrected chi connectivity index (χ3v) is 5.10. The van der Waals surface area contributed by atoms with Gasteiger partial charge in [0.15, 0.2) is 0 Å². The van der Waals surface area contributed by atoms with Gasteiger partial charge in [-0.15, -0.1) is 0 Å². The smallest absolute Gasteiger partial charge is 0.254 e. The second-order valence-corrected chi connectivity index (χ2v) is 7.57. The molecule has 0 unspecified atom stereocenters. The Morgan fingerprint density at radius 1 is 1.11 bits per heavy atom. The molecule has 2 heterocycles. The van der Waals surface area contributed by atoms with E-state index >= 15 is 0 Å². The van der Waals surface area contributed by atoms with Crippen molar-refractivity contribution >= 4 is 28.9 Å². The molecule has 0 bridgehead atoms. The first kappa shape index (κ1) is 18.0. The Balaban J connectivity index is 1.61. The average Bonchev–Trinajstić information content (AvgIpc) is 2.61. The molecular weight excluding hydrogens is 383 g/mol. The van der Waals surface area contributed by atoms with Crippen LogP contribution in [0.2, 0.25) is 10.0 Å². The number of hydrogen-bond acceptors (Lipinski definition) is 4. The van der Waals surface area contributed by atoms with Gasteiger partial charge in [-0.1, -0.05) is 23.2 Å². The van der Waals surface area contributed by atoms with Crippen molar-refractivity contribution in [2.45, 2.75) is 19.5 Å². The molecule has 1 aromatic heterocycles. The minimum absolute atomic E-state index is 0.0720. The topological polar surface area (TPSA) is 75.0 Å². The molecule has 0 saturated heterocycles. The third kappa shape index (κ3) is 4.00. The summed E-state index contributed by atoms with van der Waals surface area (Å²) in [5.74, 6) is 0.561. The van der Waals surface area contributed by atoms with E-state index in [1.165, 1.54) is 0 Å². The molecule has 0 spiro atoms. The number of nitrogen functional groups attached to an aromatic ring is 1. The molecule has 3 N–H and O–H groups in total. The molecule has 5 nitrogen and oxygen atoms in total. The van der Waals surface area contributed by atoms with Crippen LogP contribution in [0.1, 0.15) is 16.8 Å². The highest BCUT2D eigenvalue weighted by Crippen LogP contribution is 2.23. The highest BCUT2D eigenvalue weighted by atomic mass is 35.5. The summed E-state index contributed by atoms with van der Waals surface area (Å²) in [6.07, 6.45) is 0.661. The van der Waals surface area contributed by atoms with Gasteiger partial charge in [-0.05, 0) is 54.4 Å². The van der Waals surface area contributed by atoms with E-state index in [1.54, 1.807) is 18.2 Å². The Kier molecular flexibility index (Phi) is 4.91. The molecule has 0 fully saturated rings. The number of fused-ring (bicyclic) bond motifs is 1. The van der Waals surface area contributed by atoms with Crippen molar-refractivity contribution in [2.24, 2.45) is 0 Å². The molecule has 0 saturated carbocycles. The number of nitrogens with zero attached hydrogens (tertiary/aromatic N) is 2. The molecule has 27 heavy (non-hydrogen) atoms. The minimum Gasteiger partial charge on any atom is -0.399 e. The van der Waals surface area contributed by atoms with Gasteiger partial charge in [0.05, 0.1) is 5.69 Å². The lowest BCUT2D eigenvalue weighted by atomic mass is 10.0. The lowest BCUT2D eigenvalue weighted by molar-refractivity contribution is 0.240. The van der Waals surface area contributed by atoms with Crippen LogP contribution in [0.25, 0.3) is 11.4 Å². The first-order valence-electron chi connectivity index (χ1n) is 8.63. The maximum atomic E-state index is 12.5. The van der Waals surface area contributed by atoms with Gasteiger partial charge in [-0.3, -0.25) is 9.69 Å². The summed E-state index contributed by atoms with van der Waals surface area (Å²) in [6.45, 7) is 2.08. The number of aromatic amines is 1. The van der Waals surface area contributed by atoms with Crippen LogP contribution in [0.4, 0.5) is 5.69 Å². The van der Waals surface area contributed by atoms with Crippen molar-refractivity contribution in [1.29, 1.82) is 0 Å². The van der Waals surface area contributed by atoms with Crippen LogP contribution in [0.3, 0.4) is 0 Å². The molecule has 0 atom stereocenters. The van der Waals surface area contributed by atoms with Gasteiger partial charge in [-0.25, -0.2) is 4.98 Å². The van der Waals surface area contributed by atoms with E-state index in [2.05, 4.69) is 9.88 Å². The van der Waals surface area contributed by atoms with Crippen molar-refractivity contribution in [3.8, 4) is 11.4 Å². The van der Waals surface area contributed by atoms with Crippen LogP contribution in [0.15, 0.2) is 47.3 Å². The Morgan fingerprint density at radius 2 is 1.81 bits per heavy atom. The quantitative estimate of drug-likeness (QED) is 0.654. The first-order valence-corrected chi connectivity index (χ1v) is 9.39. The van der Waals surface area contributed by atoms with Crippen LogP contribution in [-0.4, -0.2) is 21.4 Å². The summed E-state index contributed by atoms with van der Waals surface area (Å²) in [5, 5.41) is 1.24. The summed E-state index contributed by atoms with van der Waals surface area (Å²) < 4.78 is 0. The van der Waals surface area contributed by atoms with Crippen LogP contribution < -0.4 is 11.3 Å². The van der Waals surface area contributed by atoms with E-state index in [9.17, 15) is 4.79 Å². The second kappa shape index (κ2) is 7.35. The Bertz CT molecular complexity index is 1030. The highest BCUT2D eigenvalue weighted by molar-refractivity contribution is 6.34. The Morgan fingerprint density at radius 3 is 2.52 bits per heavy atom. The molecular formula is C20H18Cl2N4O. The summed E-state index contributed by atoms with van der Waals surface area (Å²) in [6, 6.07) is 12.8. The van der Waals surface area contributed by atoms with Crippen molar-refractivity contribution in [3.05, 3.63) is 79.7 Å². The van der Waals surface area contributed by atoms with Gasteiger partial charge in [0.25, 0.3) is 5.56 Å². The van der Waals surface area contributed by atoms with E-state index in [0.29, 0.717) is 41.1 Å². The van der Waals surface area contributed by atoms with Crippen LogP contribution in [0, 0.1) is 0 Å². The molecule has 0 amide bonds. The lowest BCUT2D eigenvalue weighted by Gasteiger charge is -2.27. The third-order valence-electron chi connectivity index (χ3n) is 4.67. The Labute approximate surface area is 166 Å². The van der Waals surface area contributed by atoms with Crippen LogP contribution in [-0.2, 0) is 19.5 Å². The number of halogens is 2. The zero-order chi connectivity index (χ0) is 19.0. The first-order chi connectivity index (χ1) is 13.0. The number of anilines is 1. The van der Waals surface area contributed by atoms with E-state index in [1.807, 2.05) is 24.3 Å².